The van der Waals surface area contributed by atoms with E-state index in [1.807, 2.05) is 13.0 Å². The Balaban J connectivity index is 1.83. The maximum absolute atomic E-state index is 13.8. The fourth-order valence-electron chi connectivity index (χ4n) is 3.39. The van der Waals surface area contributed by atoms with Gasteiger partial charge in [0.15, 0.2) is 11.6 Å². The first kappa shape index (κ1) is 20.9. The molecule has 1 heterocycles. The zero-order chi connectivity index (χ0) is 23.0. The van der Waals surface area contributed by atoms with Crippen LogP contribution in [0.25, 0.3) is 5.57 Å². The molecule has 4 rings (SSSR count). The molecule has 2 amide bonds. The summed E-state index contributed by atoms with van der Waals surface area (Å²) in [6.45, 7) is 1.85. The molecule has 3 aromatic rings. The number of non-ortho nitro benzene ring substituents is 1. The van der Waals surface area contributed by atoms with Gasteiger partial charge < -0.3 is 5.32 Å². The molecule has 0 unspecified atom stereocenters. The number of hydrogen-bond donors (Lipinski definition) is 1. The van der Waals surface area contributed by atoms with E-state index >= 15 is 0 Å². The Labute approximate surface area is 180 Å². The van der Waals surface area contributed by atoms with Crippen molar-refractivity contribution in [3.8, 4) is 0 Å². The van der Waals surface area contributed by atoms with Crippen LogP contribution in [0.1, 0.15) is 11.1 Å². The van der Waals surface area contributed by atoms with Crippen molar-refractivity contribution in [2.24, 2.45) is 0 Å². The van der Waals surface area contributed by atoms with Gasteiger partial charge in [0.1, 0.15) is 5.70 Å². The highest BCUT2D eigenvalue weighted by atomic mass is 19.2. The molecule has 1 N–H and O–H groups in total. The van der Waals surface area contributed by atoms with E-state index in [4.69, 9.17) is 0 Å². The minimum atomic E-state index is -1.21. The lowest BCUT2D eigenvalue weighted by Gasteiger charge is -2.15. The van der Waals surface area contributed by atoms with Crippen molar-refractivity contribution in [2.45, 2.75) is 6.92 Å². The van der Waals surface area contributed by atoms with E-state index in [-0.39, 0.29) is 28.2 Å². The topological polar surface area (TPSA) is 92.6 Å². The van der Waals surface area contributed by atoms with Gasteiger partial charge in [0.05, 0.1) is 16.2 Å². The summed E-state index contributed by atoms with van der Waals surface area (Å²) in [5, 5.41) is 13.9. The molecule has 7 nitrogen and oxygen atoms in total. The molecule has 0 fully saturated rings. The number of imide groups is 1. The van der Waals surface area contributed by atoms with Gasteiger partial charge in [-0.25, -0.2) is 13.7 Å². The molecule has 0 aromatic heterocycles. The van der Waals surface area contributed by atoms with Crippen LogP contribution in [0.15, 0.2) is 72.4 Å². The number of hydrogen-bond acceptors (Lipinski definition) is 5. The van der Waals surface area contributed by atoms with Gasteiger partial charge in [-0.2, -0.15) is 0 Å². The second-order valence-electron chi connectivity index (χ2n) is 7.09. The highest BCUT2D eigenvalue weighted by molar-refractivity contribution is 6.46. The third-order valence-corrected chi connectivity index (χ3v) is 4.90. The second kappa shape index (κ2) is 8.03. The monoisotopic (exact) mass is 435 g/mol. The van der Waals surface area contributed by atoms with Crippen molar-refractivity contribution < 1.29 is 23.3 Å². The fraction of sp³-hybridized carbons (Fsp3) is 0.0435. The Morgan fingerprint density at radius 3 is 2.25 bits per heavy atom. The maximum Gasteiger partial charge on any atom is 0.282 e. The lowest BCUT2D eigenvalue weighted by atomic mass is 10.0. The Bertz CT molecular complexity index is 1300. The molecular formula is C23H15F2N3O4. The van der Waals surface area contributed by atoms with Gasteiger partial charge in [-0.05, 0) is 54.4 Å². The van der Waals surface area contributed by atoms with Crippen LogP contribution in [0.3, 0.4) is 0 Å². The molecule has 9 heteroatoms. The van der Waals surface area contributed by atoms with E-state index in [0.717, 1.165) is 28.7 Å². The van der Waals surface area contributed by atoms with E-state index in [1.165, 1.54) is 24.3 Å². The molecule has 0 saturated heterocycles. The standard InChI is InChI=1S/C23H15F2N3O4/c1-13-3-2-4-15(11-13)26-21-20(14-5-7-16(8-6-14)28(31)32)22(29)27(23(21)30)17-9-10-18(24)19(25)12-17/h2-12,26H,1H3. The summed E-state index contributed by atoms with van der Waals surface area (Å²) in [4.78, 5) is 37.6. The van der Waals surface area contributed by atoms with Crippen LogP contribution in [0.5, 0.6) is 0 Å². The quantitative estimate of drug-likeness (QED) is 0.360. The van der Waals surface area contributed by atoms with Gasteiger partial charge in [0.2, 0.25) is 0 Å². The number of benzene rings is 3. The van der Waals surface area contributed by atoms with Crippen LogP contribution < -0.4 is 10.2 Å². The fourth-order valence-corrected chi connectivity index (χ4v) is 3.39. The lowest BCUT2D eigenvalue weighted by molar-refractivity contribution is -0.384. The predicted octanol–water partition coefficient (Wildman–Crippen LogP) is 4.58. The minimum absolute atomic E-state index is 0.0452. The molecule has 0 radical (unpaired) electrons. The van der Waals surface area contributed by atoms with Crippen molar-refractivity contribution in [1.82, 2.24) is 0 Å². The number of nitro benzene ring substituents is 1. The second-order valence-corrected chi connectivity index (χ2v) is 7.09. The molecule has 0 saturated carbocycles. The number of nitrogens with one attached hydrogen (secondary N) is 1. The highest BCUT2D eigenvalue weighted by Crippen LogP contribution is 2.34. The largest absolute Gasteiger partial charge is 0.350 e. The summed E-state index contributed by atoms with van der Waals surface area (Å²) in [5.41, 5.74) is 1.25. The average molecular weight is 435 g/mol. The molecule has 0 bridgehead atoms. The summed E-state index contributed by atoms with van der Waals surface area (Å²) in [5.74, 6) is -3.87. The number of anilines is 2. The van der Waals surface area contributed by atoms with Crippen LogP contribution in [0.2, 0.25) is 0 Å². The zero-order valence-corrected chi connectivity index (χ0v) is 16.6. The molecule has 3 aromatic carbocycles. The lowest BCUT2D eigenvalue weighted by Crippen LogP contribution is -2.32. The van der Waals surface area contributed by atoms with Gasteiger partial charge in [-0.1, -0.05) is 12.1 Å². The number of carbonyl (C=O) groups excluding carboxylic acids is 2. The Morgan fingerprint density at radius 1 is 0.906 bits per heavy atom. The van der Waals surface area contributed by atoms with Gasteiger partial charge in [0, 0.05) is 23.9 Å². The van der Waals surface area contributed by atoms with Crippen molar-refractivity contribution in [2.75, 3.05) is 10.2 Å². The smallest absolute Gasteiger partial charge is 0.282 e. The Morgan fingerprint density at radius 2 is 1.62 bits per heavy atom. The van der Waals surface area contributed by atoms with Gasteiger partial charge in [-0.3, -0.25) is 19.7 Å². The first-order valence-corrected chi connectivity index (χ1v) is 9.43. The van der Waals surface area contributed by atoms with Gasteiger partial charge in [0.25, 0.3) is 17.5 Å². The summed E-state index contributed by atoms with van der Waals surface area (Å²) >= 11 is 0. The van der Waals surface area contributed by atoms with Crippen molar-refractivity contribution in [3.63, 3.8) is 0 Å². The van der Waals surface area contributed by atoms with E-state index < -0.39 is 28.4 Å². The van der Waals surface area contributed by atoms with E-state index in [1.54, 1.807) is 18.2 Å². The number of nitrogens with zero attached hydrogens (tertiary/aromatic N) is 2. The molecule has 32 heavy (non-hydrogen) atoms. The molecule has 0 aliphatic carbocycles. The third kappa shape index (κ3) is 3.71. The molecule has 1 aliphatic heterocycles. The molecule has 0 atom stereocenters. The summed E-state index contributed by atoms with van der Waals surface area (Å²) < 4.78 is 27.2. The number of carbonyl (C=O) groups is 2. The minimum Gasteiger partial charge on any atom is -0.350 e. The van der Waals surface area contributed by atoms with Crippen LogP contribution >= 0.6 is 0 Å². The van der Waals surface area contributed by atoms with Crippen molar-refractivity contribution >= 4 is 34.4 Å². The summed E-state index contributed by atoms with van der Waals surface area (Å²) in [7, 11) is 0. The highest BCUT2D eigenvalue weighted by Gasteiger charge is 2.40. The Hall–Kier alpha value is -4.40. The van der Waals surface area contributed by atoms with Crippen LogP contribution in [-0.2, 0) is 9.59 Å². The third-order valence-electron chi connectivity index (χ3n) is 4.90. The molecule has 1 aliphatic rings. The normalized spacial score (nSPS) is 13.7. The van der Waals surface area contributed by atoms with Gasteiger partial charge in [-0.15, -0.1) is 0 Å². The van der Waals surface area contributed by atoms with E-state index in [9.17, 15) is 28.5 Å². The zero-order valence-electron chi connectivity index (χ0n) is 16.6. The molecule has 160 valence electrons. The van der Waals surface area contributed by atoms with Crippen LogP contribution in [0, 0.1) is 28.7 Å². The number of aryl methyl sites for hydroxylation is 1. The van der Waals surface area contributed by atoms with Gasteiger partial charge >= 0.3 is 0 Å². The average Bonchev–Trinajstić information content (AvgIpc) is 3.00. The number of rotatable bonds is 5. The summed E-state index contributed by atoms with van der Waals surface area (Å²) in [6, 6.07) is 14.9. The first-order valence-electron chi connectivity index (χ1n) is 9.43. The predicted molar refractivity (Wildman–Crippen MR) is 114 cm³/mol. The van der Waals surface area contributed by atoms with E-state index in [0.29, 0.717) is 5.69 Å². The van der Waals surface area contributed by atoms with Crippen LogP contribution in [0.4, 0.5) is 25.8 Å². The molecular weight excluding hydrogens is 420 g/mol. The molecule has 0 spiro atoms. The number of amides is 2. The van der Waals surface area contributed by atoms with Crippen LogP contribution in [-0.4, -0.2) is 16.7 Å². The number of nitro groups is 1. The van der Waals surface area contributed by atoms with Crippen molar-refractivity contribution in [3.05, 3.63) is 105 Å². The maximum atomic E-state index is 13.8. The summed E-state index contributed by atoms with van der Waals surface area (Å²) in [6.07, 6.45) is 0. The van der Waals surface area contributed by atoms with Crippen molar-refractivity contribution in [1.29, 1.82) is 0 Å². The first-order chi connectivity index (χ1) is 15.3. The SMILES string of the molecule is Cc1cccc(NC2=C(c3ccc([N+](=O)[O-])cc3)C(=O)N(c3ccc(F)c(F)c3)C2=O)c1. The van der Waals surface area contributed by atoms with E-state index in [2.05, 4.69) is 5.32 Å². The Kier molecular flexibility index (Phi) is 5.23. The number of halogens is 2.